The highest BCUT2D eigenvalue weighted by Crippen LogP contribution is 2.29. The maximum Gasteiger partial charge on any atom is 0.254 e. The molecule has 3 rings (SSSR count). The van der Waals surface area contributed by atoms with Gasteiger partial charge in [0, 0.05) is 19.1 Å². The monoisotopic (exact) mass is 401 g/mol. The van der Waals surface area contributed by atoms with Crippen LogP contribution >= 0.6 is 24.8 Å². The van der Waals surface area contributed by atoms with Gasteiger partial charge in [0.2, 0.25) is 0 Å². The Bertz CT molecular complexity index is 700. The van der Waals surface area contributed by atoms with Gasteiger partial charge >= 0.3 is 0 Å². The number of nitrogens with two attached hydrogens (primary N) is 1. The summed E-state index contributed by atoms with van der Waals surface area (Å²) >= 11 is 0. The number of carbonyl (C=O) groups excluding carboxylic acids is 1. The highest BCUT2D eigenvalue weighted by Gasteiger charge is 2.23. The first-order valence-corrected chi connectivity index (χ1v) is 8.17. The predicted octanol–water partition coefficient (Wildman–Crippen LogP) is 2.99. The minimum Gasteiger partial charge on any atom is -0.495 e. The van der Waals surface area contributed by atoms with Gasteiger partial charge in [-0.3, -0.25) is 4.79 Å². The summed E-state index contributed by atoms with van der Waals surface area (Å²) in [6, 6.07) is 9.88. The Hall–Kier alpha value is -1.89. The molecule has 1 saturated heterocycles. The summed E-state index contributed by atoms with van der Waals surface area (Å²) in [5.41, 5.74) is 7.13. The van der Waals surface area contributed by atoms with Crippen molar-refractivity contribution in [3.63, 3.8) is 0 Å². The molecule has 144 valence electrons. The van der Waals surface area contributed by atoms with E-state index in [0.717, 1.165) is 37.4 Å². The number of amides is 1. The maximum atomic E-state index is 12.2. The zero-order valence-electron chi connectivity index (χ0n) is 14.6. The Labute approximate surface area is 165 Å². The maximum absolute atomic E-state index is 12.2. The number of carbonyl (C=O) groups is 1. The van der Waals surface area contributed by atoms with Crippen LogP contribution in [0.1, 0.15) is 29.0 Å². The summed E-state index contributed by atoms with van der Waals surface area (Å²) in [5, 5.41) is 3.08. The van der Waals surface area contributed by atoms with Crippen molar-refractivity contribution in [2.45, 2.75) is 25.4 Å². The van der Waals surface area contributed by atoms with E-state index in [9.17, 15) is 4.79 Å². The number of furan rings is 1. The van der Waals surface area contributed by atoms with E-state index >= 15 is 0 Å². The second-order valence-electron chi connectivity index (χ2n) is 5.91. The molecule has 1 aromatic carbocycles. The number of hydrogen-bond acceptors (Lipinski definition) is 5. The molecular formula is C18H25Cl2N3O3. The van der Waals surface area contributed by atoms with Gasteiger partial charge in [-0.25, -0.2) is 0 Å². The zero-order valence-corrected chi connectivity index (χ0v) is 16.3. The third-order valence-electron chi connectivity index (χ3n) is 4.37. The Kier molecular flexibility index (Phi) is 8.78. The fourth-order valence-corrected chi connectivity index (χ4v) is 3.03. The topological polar surface area (TPSA) is 80.7 Å². The van der Waals surface area contributed by atoms with Crippen molar-refractivity contribution in [2.75, 3.05) is 25.1 Å². The van der Waals surface area contributed by atoms with Gasteiger partial charge in [-0.05, 0) is 31.0 Å². The first kappa shape index (κ1) is 22.2. The molecule has 0 saturated carbocycles. The molecule has 0 spiro atoms. The molecule has 6 nitrogen and oxygen atoms in total. The van der Waals surface area contributed by atoms with Crippen LogP contribution in [0.2, 0.25) is 0 Å². The number of ether oxygens (including phenoxy) is 1. The second kappa shape index (κ2) is 10.3. The lowest BCUT2D eigenvalue weighted by atomic mass is 10.0. The van der Waals surface area contributed by atoms with E-state index in [-0.39, 0.29) is 36.8 Å². The van der Waals surface area contributed by atoms with Crippen LogP contribution in [-0.2, 0) is 6.54 Å². The number of rotatable bonds is 5. The summed E-state index contributed by atoms with van der Waals surface area (Å²) in [6.45, 7) is 2.06. The van der Waals surface area contributed by atoms with E-state index in [2.05, 4.69) is 16.3 Å². The van der Waals surface area contributed by atoms with Gasteiger partial charge < -0.3 is 25.1 Å². The number of nitrogens with zero attached hydrogens (tertiary/aromatic N) is 1. The number of para-hydroxylation sites is 2. The molecule has 3 N–H and O–H groups in total. The number of halogens is 2. The lowest BCUT2D eigenvalue weighted by Gasteiger charge is -2.34. The van der Waals surface area contributed by atoms with E-state index in [4.69, 9.17) is 14.9 Å². The third kappa shape index (κ3) is 5.06. The zero-order chi connectivity index (χ0) is 16.9. The van der Waals surface area contributed by atoms with Crippen LogP contribution in [0.3, 0.4) is 0 Å². The van der Waals surface area contributed by atoms with Gasteiger partial charge in [-0.2, -0.15) is 0 Å². The lowest BCUT2D eigenvalue weighted by Crippen LogP contribution is -2.44. The fourth-order valence-electron chi connectivity index (χ4n) is 3.03. The normalized spacial score (nSPS) is 14.2. The molecule has 2 heterocycles. The number of nitrogens with one attached hydrogen (secondary N) is 1. The van der Waals surface area contributed by atoms with Gasteiger partial charge in [-0.15, -0.1) is 24.8 Å². The molecule has 1 amide bonds. The predicted molar refractivity (Wildman–Crippen MR) is 107 cm³/mol. The highest BCUT2D eigenvalue weighted by molar-refractivity contribution is 5.94. The average molecular weight is 402 g/mol. The number of hydrogen-bond donors (Lipinski definition) is 2. The second-order valence-corrected chi connectivity index (χ2v) is 5.91. The number of anilines is 1. The Balaban J connectivity index is 0.00000169. The summed E-state index contributed by atoms with van der Waals surface area (Å²) in [4.78, 5) is 14.5. The van der Waals surface area contributed by atoms with E-state index in [1.54, 1.807) is 13.2 Å². The molecule has 0 unspecified atom stereocenters. The SMILES string of the molecule is COc1ccccc1N1CCC(NC(=O)c2coc(CN)c2)CC1.Cl.Cl. The van der Waals surface area contributed by atoms with Crippen molar-refractivity contribution in [2.24, 2.45) is 5.73 Å². The van der Waals surface area contributed by atoms with Crippen molar-refractivity contribution in [3.05, 3.63) is 47.9 Å². The molecule has 2 aromatic rings. The molecule has 1 aromatic heterocycles. The molecule has 0 radical (unpaired) electrons. The van der Waals surface area contributed by atoms with E-state index in [0.29, 0.717) is 17.9 Å². The van der Waals surface area contributed by atoms with Crippen LogP contribution in [0, 0.1) is 0 Å². The van der Waals surface area contributed by atoms with E-state index in [1.165, 1.54) is 6.26 Å². The minimum atomic E-state index is -0.103. The molecular weight excluding hydrogens is 377 g/mol. The smallest absolute Gasteiger partial charge is 0.254 e. The van der Waals surface area contributed by atoms with Gasteiger partial charge in [0.1, 0.15) is 17.8 Å². The fraction of sp³-hybridized carbons (Fsp3) is 0.389. The Morgan fingerprint density at radius 1 is 1.31 bits per heavy atom. The van der Waals surface area contributed by atoms with Crippen LogP contribution < -0.4 is 20.7 Å². The van der Waals surface area contributed by atoms with Gasteiger partial charge in [0.25, 0.3) is 5.91 Å². The molecule has 1 aliphatic heterocycles. The van der Waals surface area contributed by atoms with Gasteiger partial charge in [-0.1, -0.05) is 12.1 Å². The molecule has 26 heavy (non-hydrogen) atoms. The van der Waals surface area contributed by atoms with E-state index in [1.807, 2.05) is 18.2 Å². The minimum absolute atomic E-state index is 0. The molecule has 0 atom stereocenters. The lowest BCUT2D eigenvalue weighted by molar-refractivity contribution is 0.0930. The van der Waals surface area contributed by atoms with Crippen molar-refractivity contribution >= 4 is 36.4 Å². The quantitative estimate of drug-likeness (QED) is 0.804. The summed E-state index contributed by atoms with van der Waals surface area (Å²) in [6.07, 6.45) is 3.25. The van der Waals surface area contributed by atoms with Crippen molar-refractivity contribution in [1.29, 1.82) is 0 Å². The Morgan fingerprint density at radius 2 is 2.00 bits per heavy atom. The number of piperidine rings is 1. The van der Waals surface area contributed by atoms with Crippen LogP contribution in [0.15, 0.2) is 41.0 Å². The van der Waals surface area contributed by atoms with Crippen molar-refractivity contribution < 1.29 is 13.9 Å². The van der Waals surface area contributed by atoms with Crippen LogP contribution in [0.4, 0.5) is 5.69 Å². The molecule has 0 aliphatic carbocycles. The summed E-state index contributed by atoms with van der Waals surface area (Å²) < 4.78 is 10.6. The highest BCUT2D eigenvalue weighted by atomic mass is 35.5. The summed E-state index contributed by atoms with van der Waals surface area (Å²) in [7, 11) is 1.69. The first-order chi connectivity index (χ1) is 11.7. The number of benzene rings is 1. The third-order valence-corrected chi connectivity index (χ3v) is 4.37. The largest absolute Gasteiger partial charge is 0.495 e. The van der Waals surface area contributed by atoms with Crippen LogP contribution in [-0.4, -0.2) is 32.1 Å². The molecule has 1 fully saturated rings. The van der Waals surface area contributed by atoms with Crippen LogP contribution in [0.5, 0.6) is 5.75 Å². The van der Waals surface area contributed by atoms with Gasteiger partial charge in [0.05, 0.1) is 24.9 Å². The molecule has 0 bridgehead atoms. The van der Waals surface area contributed by atoms with E-state index < -0.39 is 0 Å². The molecule has 8 heteroatoms. The van der Waals surface area contributed by atoms with Crippen molar-refractivity contribution in [1.82, 2.24) is 5.32 Å². The Morgan fingerprint density at radius 3 is 2.62 bits per heavy atom. The first-order valence-electron chi connectivity index (χ1n) is 8.17. The van der Waals surface area contributed by atoms with Gasteiger partial charge in [0.15, 0.2) is 0 Å². The summed E-state index contributed by atoms with van der Waals surface area (Å²) in [5.74, 6) is 1.40. The van der Waals surface area contributed by atoms with Crippen LogP contribution in [0.25, 0.3) is 0 Å². The molecule has 1 aliphatic rings. The standard InChI is InChI=1S/C18H23N3O3.2ClH/c1-23-17-5-3-2-4-16(17)21-8-6-14(7-9-21)20-18(22)13-10-15(11-19)24-12-13;;/h2-5,10,12,14H,6-9,11,19H2,1H3,(H,20,22);2*1H. The average Bonchev–Trinajstić information content (AvgIpc) is 3.12. The van der Waals surface area contributed by atoms with Crippen molar-refractivity contribution in [3.8, 4) is 5.75 Å². The number of methoxy groups -OCH3 is 1.